The topological polar surface area (TPSA) is 114 Å². The standard InChI is InChI=1S/C26H30N4O4/c1-17(27-25(32)22(18(2)31)11-7-10-19-8-5-4-6-9-19)24-26(33)28-23(29-30-24)16-20-12-14-21(34-3)15-13-20/h4-6,8-9,12-15,17,22H,7,10-11,16H2,1-3H3,(H,27,32)(H,28,29,33). The Balaban J connectivity index is 1.59. The van der Waals surface area contributed by atoms with Crippen LogP contribution in [0, 0.1) is 5.92 Å². The lowest BCUT2D eigenvalue weighted by molar-refractivity contribution is -0.133. The van der Waals surface area contributed by atoms with Gasteiger partial charge in [0.1, 0.15) is 23.1 Å². The molecule has 0 aliphatic heterocycles. The van der Waals surface area contributed by atoms with Crippen molar-refractivity contribution in [3.63, 3.8) is 0 Å². The number of H-pyrrole nitrogens is 1. The van der Waals surface area contributed by atoms with Gasteiger partial charge in [0.2, 0.25) is 5.91 Å². The van der Waals surface area contributed by atoms with E-state index in [1.165, 1.54) is 6.92 Å². The normalized spacial score (nSPS) is 12.6. The highest BCUT2D eigenvalue weighted by Gasteiger charge is 2.25. The van der Waals surface area contributed by atoms with E-state index in [0.717, 1.165) is 23.3 Å². The molecule has 0 spiro atoms. The van der Waals surface area contributed by atoms with Gasteiger partial charge in [-0.05, 0) is 56.4 Å². The van der Waals surface area contributed by atoms with E-state index < -0.39 is 23.4 Å². The summed E-state index contributed by atoms with van der Waals surface area (Å²) in [5.41, 5.74) is 1.78. The summed E-state index contributed by atoms with van der Waals surface area (Å²) in [5, 5.41) is 10.9. The number of ether oxygens (including phenoxy) is 1. The molecule has 2 atom stereocenters. The van der Waals surface area contributed by atoms with E-state index in [0.29, 0.717) is 25.1 Å². The maximum Gasteiger partial charge on any atom is 0.275 e. The first-order valence-electron chi connectivity index (χ1n) is 11.3. The van der Waals surface area contributed by atoms with Gasteiger partial charge in [0.05, 0.1) is 19.1 Å². The lowest BCUT2D eigenvalue weighted by Crippen LogP contribution is -2.38. The second-order valence-electron chi connectivity index (χ2n) is 8.28. The number of rotatable bonds is 11. The Morgan fingerprint density at radius 3 is 2.35 bits per heavy atom. The Labute approximate surface area is 198 Å². The lowest BCUT2D eigenvalue weighted by atomic mass is 9.95. The van der Waals surface area contributed by atoms with Gasteiger partial charge in [0.15, 0.2) is 0 Å². The molecule has 0 bridgehead atoms. The van der Waals surface area contributed by atoms with E-state index in [4.69, 9.17) is 4.74 Å². The van der Waals surface area contributed by atoms with Crippen molar-refractivity contribution in [1.82, 2.24) is 20.5 Å². The van der Waals surface area contributed by atoms with E-state index in [-0.39, 0.29) is 11.5 Å². The Hall–Kier alpha value is -3.81. The van der Waals surface area contributed by atoms with Crippen molar-refractivity contribution in [2.75, 3.05) is 7.11 Å². The van der Waals surface area contributed by atoms with E-state index in [9.17, 15) is 14.4 Å². The molecule has 0 saturated heterocycles. The number of methoxy groups -OCH3 is 1. The Bertz CT molecular complexity index is 1160. The molecule has 0 saturated carbocycles. The Morgan fingerprint density at radius 2 is 1.74 bits per heavy atom. The fourth-order valence-corrected chi connectivity index (χ4v) is 3.74. The van der Waals surface area contributed by atoms with Crippen molar-refractivity contribution in [3.8, 4) is 5.75 Å². The fourth-order valence-electron chi connectivity index (χ4n) is 3.74. The zero-order chi connectivity index (χ0) is 24.5. The number of aromatic amines is 1. The number of aryl methyl sites for hydroxylation is 1. The minimum atomic E-state index is -0.771. The molecule has 178 valence electrons. The van der Waals surface area contributed by atoms with Crippen LogP contribution in [0.2, 0.25) is 0 Å². The average molecular weight is 463 g/mol. The molecule has 1 aromatic heterocycles. The molecule has 2 aromatic carbocycles. The van der Waals surface area contributed by atoms with Crippen LogP contribution in [0.3, 0.4) is 0 Å². The molecule has 0 aliphatic rings. The quantitative estimate of drug-likeness (QED) is 0.423. The summed E-state index contributed by atoms with van der Waals surface area (Å²) in [6, 6.07) is 16.7. The van der Waals surface area contributed by atoms with Crippen molar-refractivity contribution >= 4 is 11.7 Å². The highest BCUT2D eigenvalue weighted by molar-refractivity contribution is 6.00. The zero-order valence-electron chi connectivity index (χ0n) is 19.7. The second kappa shape index (κ2) is 11.9. The van der Waals surface area contributed by atoms with Crippen LogP contribution in [-0.2, 0) is 22.4 Å². The van der Waals surface area contributed by atoms with Crippen molar-refractivity contribution in [3.05, 3.63) is 87.6 Å². The van der Waals surface area contributed by atoms with Crippen LogP contribution in [0.15, 0.2) is 59.4 Å². The molecule has 1 heterocycles. The molecule has 0 aliphatic carbocycles. The third kappa shape index (κ3) is 6.84. The van der Waals surface area contributed by atoms with Crippen LogP contribution in [0.1, 0.15) is 55.4 Å². The average Bonchev–Trinajstić information content (AvgIpc) is 2.82. The third-order valence-electron chi connectivity index (χ3n) is 5.68. The van der Waals surface area contributed by atoms with Gasteiger partial charge >= 0.3 is 0 Å². The largest absolute Gasteiger partial charge is 0.497 e. The van der Waals surface area contributed by atoms with Crippen LogP contribution in [0.5, 0.6) is 5.75 Å². The predicted octanol–water partition coefficient (Wildman–Crippen LogP) is 3.17. The van der Waals surface area contributed by atoms with Gasteiger partial charge < -0.3 is 15.0 Å². The number of nitrogens with one attached hydrogen (secondary N) is 2. The molecular weight excluding hydrogens is 432 g/mol. The predicted molar refractivity (Wildman–Crippen MR) is 129 cm³/mol. The minimum Gasteiger partial charge on any atom is -0.497 e. The number of ketones is 1. The number of aromatic nitrogens is 3. The molecular formula is C26H30N4O4. The maximum absolute atomic E-state index is 12.8. The van der Waals surface area contributed by atoms with Gasteiger partial charge in [-0.15, -0.1) is 10.2 Å². The molecule has 2 unspecified atom stereocenters. The lowest BCUT2D eigenvalue weighted by Gasteiger charge is -2.18. The number of nitrogens with zero attached hydrogens (tertiary/aromatic N) is 2. The van der Waals surface area contributed by atoms with Crippen molar-refractivity contribution in [2.24, 2.45) is 5.92 Å². The van der Waals surface area contributed by atoms with Crippen LogP contribution in [-0.4, -0.2) is 34.0 Å². The number of carbonyl (C=O) groups is 2. The first-order valence-corrected chi connectivity index (χ1v) is 11.3. The van der Waals surface area contributed by atoms with Crippen LogP contribution >= 0.6 is 0 Å². The van der Waals surface area contributed by atoms with E-state index >= 15 is 0 Å². The Kier molecular flexibility index (Phi) is 8.67. The summed E-state index contributed by atoms with van der Waals surface area (Å²) in [7, 11) is 1.60. The summed E-state index contributed by atoms with van der Waals surface area (Å²) in [6.07, 6.45) is 2.33. The highest BCUT2D eigenvalue weighted by atomic mass is 16.5. The molecule has 2 N–H and O–H groups in total. The summed E-state index contributed by atoms with van der Waals surface area (Å²) < 4.78 is 5.14. The SMILES string of the molecule is COc1ccc(Cc2nnc(C(C)NC(=O)C(CCCc3ccccc3)C(C)=O)c(=O)[nH]2)cc1. The van der Waals surface area contributed by atoms with Gasteiger partial charge in [-0.3, -0.25) is 14.4 Å². The molecule has 0 fully saturated rings. The van der Waals surface area contributed by atoms with E-state index in [1.54, 1.807) is 14.0 Å². The van der Waals surface area contributed by atoms with Crippen molar-refractivity contribution in [1.29, 1.82) is 0 Å². The summed E-state index contributed by atoms with van der Waals surface area (Å²) >= 11 is 0. The molecule has 1 amide bonds. The van der Waals surface area contributed by atoms with Gasteiger partial charge in [-0.25, -0.2) is 0 Å². The third-order valence-corrected chi connectivity index (χ3v) is 5.68. The van der Waals surface area contributed by atoms with Gasteiger partial charge in [0, 0.05) is 6.42 Å². The second-order valence-corrected chi connectivity index (χ2v) is 8.28. The molecule has 8 heteroatoms. The highest BCUT2D eigenvalue weighted by Crippen LogP contribution is 2.15. The summed E-state index contributed by atoms with van der Waals surface area (Å²) in [4.78, 5) is 40.2. The number of Topliss-reactive ketones (excluding diaryl/α,β-unsaturated/α-hetero) is 1. The molecule has 0 radical (unpaired) electrons. The number of hydrogen-bond donors (Lipinski definition) is 2. The van der Waals surface area contributed by atoms with Crippen LogP contribution in [0.25, 0.3) is 0 Å². The minimum absolute atomic E-state index is 0.0958. The van der Waals surface area contributed by atoms with E-state index in [1.807, 2.05) is 54.6 Å². The number of hydrogen-bond acceptors (Lipinski definition) is 6. The van der Waals surface area contributed by atoms with Gasteiger partial charge in [-0.1, -0.05) is 42.5 Å². The van der Waals surface area contributed by atoms with Crippen LogP contribution in [0.4, 0.5) is 0 Å². The smallest absolute Gasteiger partial charge is 0.275 e. The first kappa shape index (κ1) is 24.8. The molecule has 3 rings (SSSR count). The van der Waals surface area contributed by atoms with Gasteiger partial charge in [-0.2, -0.15) is 0 Å². The van der Waals surface area contributed by atoms with Crippen molar-refractivity contribution in [2.45, 2.75) is 45.6 Å². The number of carbonyl (C=O) groups excluding carboxylic acids is 2. The van der Waals surface area contributed by atoms with Gasteiger partial charge in [0.25, 0.3) is 5.56 Å². The van der Waals surface area contributed by atoms with Crippen LogP contribution < -0.4 is 15.6 Å². The van der Waals surface area contributed by atoms with Crippen molar-refractivity contribution < 1.29 is 14.3 Å². The van der Waals surface area contributed by atoms with E-state index in [2.05, 4.69) is 20.5 Å². The fraction of sp³-hybridized carbons (Fsp3) is 0.346. The molecule has 34 heavy (non-hydrogen) atoms. The Morgan fingerprint density at radius 1 is 1.03 bits per heavy atom. The molecule has 3 aromatic rings. The molecule has 8 nitrogen and oxygen atoms in total. The number of benzene rings is 2. The zero-order valence-corrected chi connectivity index (χ0v) is 19.7. The summed E-state index contributed by atoms with van der Waals surface area (Å²) in [5.74, 6) is -0.219. The number of amides is 1. The summed E-state index contributed by atoms with van der Waals surface area (Å²) in [6.45, 7) is 3.07. The maximum atomic E-state index is 12.8. The monoisotopic (exact) mass is 462 g/mol. The first-order chi connectivity index (χ1) is 16.4.